The van der Waals surface area contributed by atoms with Crippen molar-refractivity contribution in [3.8, 4) is 11.3 Å². The number of hydrogen-bond acceptors (Lipinski definition) is 5. The summed E-state index contributed by atoms with van der Waals surface area (Å²) in [6, 6.07) is 4.91. The molecule has 0 aliphatic rings. The average molecular weight is 278 g/mol. The Balaban J connectivity index is 2.09. The minimum absolute atomic E-state index is 0.0406. The first-order valence-corrected chi connectivity index (χ1v) is 6.58. The van der Waals surface area contributed by atoms with E-state index in [0.717, 1.165) is 10.9 Å². The number of benzene rings is 1. The summed E-state index contributed by atoms with van der Waals surface area (Å²) < 4.78 is 19.4. The number of aromatic nitrogens is 1. The Hall–Kier alpha value is -1.76. The summed E-state index contributed by atoms with van der Waals surface area (Å²) in [5, 5.41) is 12.2. The second-order valence-electron chi connectivity index (χ2n) is 4.09. The number of rotatable bonds is 3. The van der Waals surface area contributed by atoms with Crippen LogP contribution in [0.15, 0.2) is 34.3 Å². The van der Waals surface area contributed by atoms with Gasteiger partial charge in [0.2, 0.25) is 5.89 Å². The quantitative estimate of drug-likeness (QED) is 0.772. The Labute approximate surface area is 112 Å². The van der Waals surface area contributed by atoms with Crippen LogP contribution >= 0.6 is 11.3 Å². The van der Waals surface area contributed by atoms with E-state index in [1.807, 2.05) is 11.4 Å². The smallest absolute Gasteiger partial charge is 0.224 e. The van der Waals surface area contributed by atoms with Crippen LogP contribution in [0.25, 0.3) is 21.3 Å². The van der Waals surface area contributed by atoms with E-state index >= 15 is 0 Å². The van der Waals surface area contributed by atoms with Crippen LogP contribution in [0, 0.1) is 5.82 Å². The number of aliphatic hydroxyl groups is 1. The molecule has 0 saturated heterocycles. The molecule has 0 fully saturated rings. The lowest BCUT2D eigenvalue weighted by Gasteiger charge is -1.99. The minimum Gasteiger partial charge on any atom is -0.445 e. The maximum atomic E-state index is 13.6. The number of aliphatic hydroxyl groups excluding tert-OH is 1. The molecule has 3 aromatic rings. The topological polar surface area (TPSA) is 72.3 Å². The van der Waals surface area contributed by atoms with Crippen molar-refractivity contribution in [1.29, 1.82) is 0 Å². The largest absolute Gasteiger partial charge is 0.445 e. The van der Waals surface area contributed by atoms with E-state index in [4.69, 9.17) is 10.2 Å². The fraction of sp³-hybridized carbons (Fsp3) is 0.154. The molecule has 0 aliphatic heterocycles. The van der Waals surface area contributed by atoms with Crippen LogP contribution < -0.4 is 5.73 Å². The van der Waals surface area contributed by atoms with Gasteiger partial charge >= 0.3 is 0 Å². The fourth-order valence-electron chi connectivity index (χ4n) is 1.89. The van der Waals surface area contributed by atoms with Crippen LogP contribution in [0.2, 0.25) is 0 Å². The van der Waals surface area contributed by atoms with Gasteiger partial charge in [-0.05, 0) is 6.07 Å². The van der Waals surface area contributed by atoms with E-state index in [1.165, 1.54) is 23.7 Å². The Morgan fingerprint density at radius 2 is 2.32 bits per heavy atom. The molecule has 3 rings (SSSR count). The van der Waals surface area contributed by atoms with Gasteiger partial charge in [0.25, 0.3) is 0 Å². The number of nitrogens with zero attached hydrogens (tertiary/aromatic N) is 1. The molecule has 4 nitrogen and oxygen atoms in total. The number of hydrogen-bond donors (Lipinski definition) is 2. The van der Waals surface area contributed by atoms with Crippen molar-refractivity contribution in [1.82, 2.24) is 4.98 Å². The lowest BCUT2D eigenvalue weighted by atomic mass is 10.1. The van der Waals surface area contributed by atoms with E-state index in [9.17, 15) is 9.50 Å². The van der Waals surface area contributed by atoms with Crippen LogP contribution in [-0.2, 0) is 0 Å². The molecule has 19 heavy (non-hydrogen) atoms. The third-order valence-electron chi connectivity index (χ3n) is 2.86. The van der Waals surface area contributed by atoms with Crippen LogP contribution in [0.3, 0.4) is 0 Å². The highest BCUT2D eigenvalue weighted by Crippen LogP contribution is 2.35. The predicted molar refractivity (Wildman–Crippen MR) is 71.3 cm³/mol. The van der Waals surface area contributed by atoms with Crippen molar-refractivity contribution < 1.29 is 13.9 Å². The van der Waals surface area contributed by atoms with E-state index in [1.54, 1.807) is 6.07 Å². The Morgan fingerprint density at radius 3 is 3.11 bits per heavy atom. The summed E-state index contributed by atoms with van der Waals surface area (Å²) in [6.45, 7) is 0.0406. The SMILES string of the molecule is NCC(O)c1nc(-c2csc3c(F)cccc23)co1. The number of fused-ring (bicyclic) bond motifs is 1. The Kier molecular flexibility index (Phi) is 3.06. The number of halogens is 1. The standard InChI is InChI=1S/C13H11FN2O2S/c14-9-3-1-2-7-8(6-19-12(7)9)10-5-18-13(16-10)11(17)4-15/h1-3,5-6,11,17H,4,15H2. The summed E-state index contributed by atoms with van der Waals surface area (Å²) in [5.41, 5.74) is 6.70. The minimum atomic E-state index is -0.921. The highest BCUT2D eigenvalue weighted by molar-refractivity contribution is 7.17. The monoisotopic (exact) mass is 278 g/mol. The first kappa shape index (κ1) is 12.3. The second kappa shape index (κ2) is 4.73. The van der Waals surface area contributed by atoms with Gasteiger partial charge in [0, 0.05) is 22.9 Å². The third kappa shape index (κ3) is 2.03. The fourth-order valence-corrected chi connectivity index (χ4v) is 2.85. The molecule has 0 aliphatic carbocycles. The first-order valence-electron chi connectivity index (χ1n) is 5.70. The van der Waals surface area contributed by atoms with Crippen molar-refractivity contribution in [3.63, 3.8) is 0 Å². The molecule has 1 aromatic carbocycles. The van der Waals surface area contributed by atoms with Crippen LogP contribution in [0.1, 0.15) is 12.0 Å². The first-order chi connectivity index (χ1) is 9.20. The van der Waals surface area contributed by atoms with Crippen LogP contribution in [0.5, 0.6) is 0 Å². The van der Waals surface area contributed by atoms with Crippen molar-refractivity contribution in [3.05, 3.63) is 41.6 Å². The summed E-state index contributed by atoms with van der Waals surface area (Å²) in [5.74, 6) is -0.0762. The van der Waals surface area contributed by atoms with E-state index in [2.05, 4.69) is 4.98 Å². The Bertz CT molecular complexity index is 722. The summed E-state index contributed by atoms with van der Waals surface area (Å²) in [4.78, 5) is 4.19. The van der Waals surface area contributed by atoms with Gasteiger partial charge in [0.1, 0.15) is 23.9 Å². The van der Waals surface area contributed by atoms with Crippen molar-refractivity contribution in [2.75, 3.05) is 6.54 Å². The molecule has 98 valence electrons. The molecular weight excluding hydrogens is 267 g/mol. The van der Waals surface area contributed by atoms with Crippen LogP contribution in [0.4, 0.5) is 4.39 Å². The summed E-state index contributed by atoms with van der Waals surface area (Å²) in [7, 11) is 0. The third-order valence-corrected chi connectivity index (χ3v) is 3.86. The molecular formula is C13H11FN2O2S. The highest BCUT2D eigenvalue weighted by Gasteiger charge is 2.16. The molecule has 0 amide bonds. The molecule has 0 saturated carbocycles. The maximum Gasteiger partial charge on any atom is 0.224 e. The highest BCUT2D eigenvalue weighted by atomic mass is 32.1. The van der Waals surface area contributed by atoms with Crippen LogP contribution in [-0.4, -0.2) is 16.6 Å². The number of thiophene rings is 1. The van der Waals surface area contributed by atoms with Gasteiger partial charge in [-0.3, -0.25) is 0 Å². The van der Waals surface area contributed by atoms with Crippen molar-refractivity contribution in [2.45, 2.75) is 6.10 Å². The van der Waals surface area contributed by atoms with Gasteiger partial charge in [-0.2, -0.15) is 0 Å². The zero-order valence-corrected chi connectivity index (χ0v) is 10.7. The normalized spacial score (nSPS) is 13.0. The van der Waals surface area contributed by atoms with Gasteiger partial charge in [-0.25, -0.2) is 9.37 Å². The summed E-state index contributed by atoms with van der Waals surface area (Å²) in [6.07, 6.45) is 0.524. The Morgan fingerprint density at radius 1 is 1.47 bits per heavy atom. The molecule has 6 heteroatoms. The molecule has 0 radical (unpaired) electrons. The molecule has 1 atom stereocenters. The van der Waals surface area contributed by atoms with Gasteiger partial charge in [0.05, 0.1) is 4.70 Å². The van der Waals surface area contributed by atoms with Gasteiger partial charge in [-0.1, -0.05) is 12.1 Å². The van der Waals surface area contributed by atoms with E-state index in [0.29, 0.717) is 10.4 Å². The maximum absolute atomic E-state index is 13.6. The molecule has 0 spiro atoms. The average Bonchev–Trinajstić information content (AvgIpc) is 3.04. The molecule has 0 bridgehead atoms. The predicted octanol–water partition coefficient (Wildman–Crippen LogP) is 2.69. The summed E-state index contributed by atoms with van der Waals surface area (Å²) >= 11 is 1.31. The van der Waals surface area contributed by atoms with Gasteiger partial charge < -0.3 is 15.3 Å². The second-order valence-corrected chi connectivity index (χ2v) is 4.97. The lowest BCUT2D eigenvalue weighted by molar-refractivity contribution is 0.151. The molecule has 2 heterocycles. The van der Waals surface area contributed by atoms with E-state index < -0.39 is 6.10 Å². The molecule has 1 unspecified atom stereocenters. The zero-order chi connectivity index (χ0) is 13.4. The van der Waals surface area contributed by atoms with Crippen molar-refractivity contribution in [2.24, 2.45) is 5.73 Å². The van der Waals surface area contributed by atoms with Gasteiger partial charge in [0.15, 0.2) is 0 Å². The van der Waals surface area contributed by atoms with Gasteiger partial charge in [-0.15, -0.1) is 11.3 Å². The van der Waals surface area contributed by atoms with E-state index in [-0.39, 0.29) is 18.3 Å². The molecule has 3 N–H and O–H groups in total. The molecule has 2 aromatic heterocycles. The lowest BCUT2D eigenvalue weighted by Crippen LogP contribution is -2.11. The zero-order valence-electron chi connectivity index (χ0n) is 9.84. The number of nitrogens with two attached hydrogens (primary N) is 1. The van der Waals surface area contributed by atoms with Crippen molar-refractivity contribution >= 4 is 21.4 Å². The number of oxazole rings is 1.